The highest BCUT2D eigenvalue weighted by Gasteiger charge is 2.25. The lowest BCUT2D eigenvalue weighted by Gasteiger charge is -2.22. The van der Waals surface area contributed by atoms with Crippen molar-refractivity contribution in [2.24, 2.45) is 4.99 Å². The highest BCUT2D eigenvalue weighted by molar-refractivity contribution is 6.30. The summed E-state index contributed by atoms with van der Waals surface area (Å²) in [4.78, 5) is 11.0. The Kier molecular flexibility index (Phi) is 8.61. The van der Waals surface area contributed by atoms with Crippen LogP contribution in [0.1, 0.15) is 12.0 Å². The van der Waals surface area contributed by atoms with Gasteiger partial charge in [-0.15, -0.1) is 0 Å². The Balaban J connectivity index is 1.55. The minimum Gasteiger partial charge on any atom is -0.495 e. The van der Waals surface area contributed by atoms with Crippen LogP contribution in [0.3, 0.4) is 0 Å². The van der Waals surface area contributed by atoms with Gasteiger partial charge in [-0.25, -0.2) is 4.98 Å². The summed E-state index contributed by atoms with van der Waals surface area (Å²) < 4.78 is 16.2. The van der Waals surface area contributed by atoms with Crippen molar-refractivity contribution < 1.29 is 14.2 Å². The largest absolute Gasteiger partial charge is 0.495 e. The van der Waals surface area contributed by atoms with Crippen LogP contribution >= 0.6 is 11.6 Å². The molecule has 2 heterocycles. The molecule has 3 rings (SSSR count). The number of nitrogens with zero attached hydrogens (tertiary/aromatic N) is 3. The van der Waals surface area contributed by atoms with Crippen LogP contribution in [-0.4, -0.2) is 64.6 Å². The Hall–Kier alpha value is -2.71. The van der Waals surface area contributed by atoms with E-state index in [2.05, 4.69) is 25.5 Å². The molecule has 1 saturated heterocycles. The number of hydrogen-bond acceptors (Lipinski definition) is 6. The second kappa shape index (κ2) is 11.6. The number of aliphatic imine (C=N–C) groups is 1. The molecule has 0 radical (unpaired) electrons. The van der Waals surface area contributed by atoms with Gasteiger partial charge in [-0.1, -0.05) is 17.7 Å². The summed E-state index contributed by atoms with van der Waals surface area (Å²) in [6.07, 6.45) is 2.70. The number of methoxy groups -OCH3 is 2. The molecule has 31 heavy (non-hydrogen) atoms. The Morgan fingerprint density at radius 3 is 2.94 bits per heavy atom. The molecule has 1 unspecified atom stereocenters. The Bertz CT molecular complexity index is 880. The average molecular weight is 448 g/mol. The summed E-state index contributed by atoms with van der Waals surface area (Å²) in [5.74, 6) is 2.16. The van der Waals surface area contributed by atoms with Gasteiger partial charge < -0.3 is 29.7 Å². The molecule has 168 valence electrons. The summed E-state index contributed by atoms with van der Waals surface area (Å²) in [7, 11) is 5.09. The molecule has 0 bridgehead atoms. The van der Waals surface area contributed by atoms with Crippen LogP contribution in [0.5, 0.6) is 11.6 Å². The van der Waals surface area contributed by atoms with Crippen LogP contribution in [0, 0.1) is 0 Å². The molecule has 2 N–H and O–H groups in total. The average Bonchev–Trinajstić information content (AvgIpc) is 3.26. The van der Waals surface area contributed by atoms with Crippen LogP contribution in [0.2, 0.25) is 5.02 Å². The first-order chi connectivity index (χ1) is 15.1. The molecule has 0 saturated carbocycles. The van der Waals surface area contributed by atoms with E-state index in [1.54, 1.807) is 27.5 Å². The van der Waals surface area contributed by atoms with E-state index in [-0.39, 0.29) is 6.04 Å². The molecule has 1 fully saturated rings. The molecule has 8 nitrogen and oxygen atoms in total. The summed E-state index contributed by atoms with van der Waals surface area (Å²) in [5.41, 5.74) is 1.97. The molecule has 9 heteroatoms. The van der Waals surface area contributed by atoms with Crippen molar-refractivity contribution in [1.82, 2.24) is 15.6 Å². The van der Waals surface area contributed by atoms with Crippen molar-refractivity contribution in [3.05, 3.63) is 47.1 Å². The molecule has 1 atom stereocenters. The molecule has 0 aliphatic carbocycles. The van der Waals surface area contributed by atoms with E-state index in [1.165, 1.54) is 0 Å². The number of nitrogens with one attached hydrogen (secondary N) is 2. The predicted octanol–water partition coefficient (Wildman–Crippen LogP) is 2.71. The zero-order valence-electron chi connectivity index (χ0n) is 18.2. The minimum absolute atomic E-state index is 0.251. The van der Waals surface area contributed by atoms with Crippen LogP contribution in [-0.2, 0) is 11.3 Å². The van der Waals surface area contributed by atoms with Gasteiger partial charge in [0.15, 0.2) is 5.96 Å². The van der Waals surface area contributed by atoms with E-state index in [9.17, 15) is 0 Å². The normalized spacial score (nSPS) is 16.3. The summed E-state index contributed by atoms with van der Waals surface area (Å²) >= 11 is 6.20. The fraction of sp³-hybridized carbons (Fsp3) is 0.455. The second-order valence-corrected chi connectivity index (χ2v) is 7.56. The predicted molar refractivity (Wildman–Crippen MR) is 124 cm³/mol. The molecular formula is C22H30ClN5O3. The fourth-order valence-corrected chi connectivity index (χ4v) is 3.65. The van der Waals surface area contributed by atoms with Gasteiger partial charge in [0.05, 0.1) is 19.4 Å². The van der Waals surface area contributed by atoms with Crippen LogP contribution in [0.25, 0.3) is 0 Å². The number of anilines is 1. The maximum absolute atomic E-state index is 6.20. The van der Waals surface area contributed by atoms with Crippen molar-refractivity contribution in [1.29, 1.82) is 0 Å². The Morgan fingerprint density at radius 1 is 1.29 bits per heavy atom. The molecule has 1 aromatic heterocycles. The third kappa shape index (κ3) is 6.38. The maximum Gasteiger partial charge on any atom is 0.218 e. The van der Waals surface area contributed by atoms with E-state index in [0.717, 1.165) is 42.5 Å². The van der Waals surface area contributed by atoms with Gasteiger partial charge in [-0.05, 0) is 30.7 Å². The number of ether oxygens (including phenoxy) is 3. The highest BCUT2D eigenvalue weighted by Crippen LogP contribution is 2.33. The quantitative estimate of drug-likeness (QED) is 0.347. The summed E-state index contributed by atoms with van der Waals surface area (Å²) in [6, 6.07) is 9.82. The van der Waals surface area contributed by atoms with Gasteiger partial charge in [0.25, 0.3) is 0 Å². The molecule has 2 aromatic rings. The molecule has 1 aliphatic heterocycles. The number of benzene rings is 1. The monoisotopic (exact) mass is 447 g/mol. The number of pyridine rings is 1. The molecule has 0 amide bonds. The van der Waals surface area contributed by atoms with Gasteiger partial charge in [0.1, 0.15) is 12.4 Å². The molecule has 0 spiro atoms. The smallest absolute Gasteiger partial charge is 0.218 e. The first-order valence-electron chi connectivity index (χ1n) is 10.3. The van der Waals surface area contributed by atoms with Gasteiger partial charge in [0.2, 0.25) is 5.88 Å². The van der Waals surface area contributed by atoms with Crippen molar-refractivity contribution in [2.45, 2.75) is 19.0 Å². The van der Waals surface area contributed by atoms with E-state index in [4.69, 9.17) is 25.8 Å². The van der Waals surface area contributed by atoms with E-state index in [0.29, 0.717) is 30.7 Å². The minimum atomic E-state index is 0.251. The lowest BCUT2D eigenvalue weighted by molar-refractivity contribution is 0.143. The standard InChI is InChI=1S/C22H30ClN5O3/c1-24-22(26-14-16-5-4-9-25-21(16)31-12-11-29-2)27-18-8-10-28(15-18)19-13-17(23)6-7-20(19)30-3/h4-7,9,13,18H,8,10-12,14-15H2,1-3H3,(H2,24,26,27). The third-order valence-electron chi connectivity index (χ3n) is 5.06. The second-order valence-electron chi connectivity index (χ2n) is 7.13. The molecular weight excluding hydrogens is 418 g/mol. The number of hydrogen-bond donors (Lipinski definition) is 2. The zero-order valence-corrected chi connectivity index (χ0v) is 19.0. The number of rotatable bonds is 9. The molecule has 1 aromatic carbocycles. The third-order valence-corrected chi connectivity index (χ3v) is 5.29. The summed E-state index contributed by atoms with van der Waals surface area (Å²) in [6.45, 7) is 3.26. The van der Waals surface area contributed by atoms with Crippen molar-refractivity contribution in [2.75, 3.05) is 52.5 Å². The number of aromatic nitrogens is 1. The Labute approximate surface area is 188 Å². The first-order valence-corrected chi connectivity index (χ1v) is 10.6. The Morgan fingerprint density at radius 2 is 2.16 bits per heavy atom. The van der Waals surface area contributed by atoms with Crippen molar-refractivity contribution in [3.8, 4) is 11.6 Å². The van der Waals surface area contributed by atoms with Crippen molar-refractivity contribution >= 4 is 23.2 Å². The maximum atomic E-state index is 6.20. The zero-order chi connectivity index (χ0) is 22.1. The van der Waals surface area contributed by atoms with Crippen LogP contribution in [0.4, 0.5) is 5.69 Å². The van der Waals surface area contributed by atoms with Gasteiger partial charge >= 0.3 is 0 Å². The number of guanidine groups is 1. The number of halogens is 1. The van der Waals surface area contributed by atoms with E-state index < -0.39 is 0 Å². The van der Waals surface area contributed by atoms with Gasteiger partial charge in [-0.3, -0.25) is 4.99 Å². The van der Waals surface area contributed by atoms with E-state index in [1.807, 2.05) is 30.3 Å². The first kappa shape index (κ1) is 23.0. The van der Waals surface area contributed by atoms with Gasteiger partial charge in [-0.2, -0.15) is 0 Å². The SMILES string of the molecule is CN=C(NCc1cccnc1OCCOC)NC1CCN(c2cc(Cl)ccc2OC)C1. The van der Waals surface area contributed by atoms with Crippen LogP contribution < -0.4 is 25.0 Å². The lowest BCUT2D eigenvalue weighted by atomic mass is 10.2. The van der Waals surface area contributed by atoms with Crippen LogP contribution in [0.15, 0.2) is 41.5 Å². The van der Waals surface area contributed by atoms with E-state index >= 15 is 0 Å². The van der Waals surface area contributed by atoms with Crippen molar-refractivity contribution in [3.63, 3.8) is 0 Å². The lowest BCUT2D eigenvalue weighted by Crippen LogP contribution is -2.44. The highest BCUT2D eigenvalue weighted by atomic mass is 35.5. The summed E-state index contributed by atoms with van der Waals surface area (Å²) in [5, 5.41) is 7.55. The molecule has 1 aliphatic rings. The fourth-order valence-electron chi connectivity index (χ4n) is 3.48. The van der Waals surface area contributed by atoms with Gasteiger partial charge in [0, 0.05) is 56.6 Å². The topological polar surface area (TPSA) is 80.2 Å².